The normalized spacial score (nSPS) is 19.4. The predicted octanol–water partition coefficient (Wildman–Crippen LogP) is 1.49. The zero-order valence-electron chi connectivity index (χ0n) is 17.1. The summed E-state index contributed by atoms with van der Waals surface area (Å²) in [6.45, 7) is 2.46. The Morgan fingerprint density at radius 2 is 2.06 bits per heavy atom. The summed E-state index contributed by atoms with van der Waals surface area (Å²) in [6.07, 6.45) is 0.455. The van der Waals surface area contributed by atoms with Crippen molar-refractivity contribution < 1.29 is 23.1 Å². The lowest BCUT2D eigenvalue weighted by molar-refractivity contribution is 0.0674. The van der Waals surface area contributed by atoms with Crippen molar-refractivity contribution in [2.45, 2.75) is 32.0 Å². The van der Waals surface area contributed by atoms with E-state index in [1.165, 1.54) is 13.2 Å². The van der Waals surface area contributed by atoms with Gasteiger partial charge >= 0.3 is 0 Å². The Bertz CT molecular complexity index is 1150. The first-order valence-corrected chi connectivity index (χ1v) is 9.91. The number of amides is 2. The van der Waals surface area contributed by atoms with Crippen LogP contribution < -0.4 is 21.2 Å². The van der Waals surface area contributed by atoms with E-state index in [0.717, 1.165) is 6.07 Å². The van der Waals surface area contributed by atoms with Gasteiger partial charge in [-0.25, -0.2) is 8.78 Å². The van der Waals surface area contributed by atoms with Gasteiger partial charge in [-0.3, -0.25) is 14.4 Å². The van der Waals surface area contributed by atoms with Crippen molar-refractivity contribution >= 4 is 11.8 Å². The second-order valence-corrected chi connectivity index (χ2v) is 7.60. The highest BCUT2D eigenvalue weighted by molar-refractivity contribution is 6.00. The average molecular weight is 432 g/mol. The second-order valence-electron chi connectivity index (χ2n) is 7.60. The van der Waals surface area contributed by atoms with Gasteiger partial charge in [0.05, 0.1) is 18.8 Å². The number of nitrogens with one attached hydrogen (secondary N) is 1. The molecule has 10 heteroatoms. The van der Waals surface area contributed by atoms with Crippen molar-refractivity contribution in [2.75, 3.05) is 20.2 Å². The number of benzene rings is 1. The van der Waals surface area contributed by atoms with Gasteiger partial charge in [0.1, 0.15) is 17.2 Å². The summed E-state index contributed by atoms with van der Waals surface area (Å²) >= 11 is 0. The van der Waals surface area contributed by atoms with Crippen LogP contribution >= 0.6 is 0 Å². The molecule has 31 heavy (non-hydrogen) atoms. The number of methoxy groups -OCH3 is 1. The lowest BCUT2D eigenvalue weighted by Gasteiger charge is -2.34. The zero-order chi connectivity index (χ0) is 22.4. The largest absolute Gasteiger partial charge is 0.491 e. The maximum atomic E-state index is 13.9. The van der Waals surface area contributed by atoms with Crippen LogP contribution in [0.3, 0.4) is 0 Å². The van der Waals surface area contributed by atoms with Gasteiger partial charge in [-0.2, -0.15) is 0 Å². The fourth-order valence-corrected chi connectivity index (χ4v) is 4.40. The Morgan fingerprint density at radius 3 is 2.71 bits per heavy atom. The first kappa shape index (κ1) is 21.0. The third-order valence-corrected chi connectivity index (χ3v) is 5.84. The van der Waals surface area contributed by atoms with E-state index in [9.17, 15) is 23.2 Å². The van der Waals surface area contributed by atoms with Crippen LogP contribution in [0.25, 0.3) is 0 Å². The van der Waals surface area contributed by atoms with Gasteiger partial charge in [-0.05, 0) is 19.4 Å². The molecular weight excluding hydrogens is 410 g/mol. The first-order chi connectivity index (χ1) is 14.8. The molecule has 8 nitrogen and oxygen atoms in total. The van der Waals surface area contributed by atoms with Crippen LogP contribution in [0.2, 0.25) is 0 Å². The Kier molecular flexibility index (Phi) is 5.26. The number of nitrogens with zero attached hydrogens (tertiary/aromatic N) is 2. The van der Waals surface area contributed by atoms with Crippen LogP contribution in [-0.2, 0) is 6.54 Å². The van der Waals surface area contributed by atoms with Gasteiger partial charge in [0, 0.05) is 37.3 Å². The number of ether oxygens (including phenoxy) is 1. The summed E-state index contributed by atoms with van der Waals surface area (Å²) in [7, 11) is 1.26. The summed E-state index contributed by atoms with van der Waals surface area (Å²) in [5, 5.41) is 2.50. The molecule has 164 valence electrons. The molecule has 0 radical (unpaired) electrons. The van der Waals surface area contributed by atoms with Gasteiger partial charge in [-0.1, -0.05) is 6.07 Å². The minimum atomic E-state index is -0.813. The van der Waals surface area contributed by atoms with Crippen molar-refractivity contribution in [3.05, 3.63) is 62.6 Å². The van der Waals surface area contributed by atoms with Crippen LogP contribution in [0.5, 0.6) is 5.75 Å². The minimum Gasteiger partial charge on any atom is -0.491 e. The topological polar surface area (TPSA) is 107 Å². The van der Waals surface area contributed by atoms with E-state index in [1.54, 1.807) is 9.47 Å². The van der Waals surface area contributed by atoms with Gasteiger partial charge in [-0.15, -0.1) is 0 Å². The zero-order valence-corrected chi connectivity index (χ0v) is 17.1. The fraction of sp³-hybridized carbons (Fsp3) is 0.381. The summed E-state index contributed by atoms with van der Waals surface area (Å²) < 4.78 is 33.9. The smallest absolute Gasteiger partial charge is 0.274 e. The molecule has 0 saturated carbocycles. The molecular formula is C21H22F2N4O4. The molecule has 0 unspecified atom stereocenters. The van der Waals surface area contributed by atoms with E-state index in [0.29, 0.717) is 25.6 Å². The number of halogens is 2. The first-order valence-electron chi connectivity index (χ1n) is 9.91. The van der Waals surface area contributed by atoms with E-state index in [-0.39, 0.29) is 46.8 Å². The molecule has 4 rings (SSSR count). The summed E-state index contributed by atoms with van der Waals surface area (Å²) in [5.74, 6) is -2.89. The van der Waals surface area contributed by atoms with Crippen molar-refractivity contribution in [3.8, 4) is 5.75 Å². The van der Waals surface area contributed by atoms with E-state index in [1.807, 2.05) is 6.92 Å². The van der Waals surface area contributed by atoms with Gasteiger partial charge in [0.2, 0.25) is 5.43 Å². The highest BCUT2D eigenvalue weighted by Gasteiger charge is 2.44. The molecule has 2 amide bonds. The van der Waals surface area contributed by atoms with Gasteiger partial charge < -0.3 is 25.3 Å². The third-order valence-electron chi connectivity index (χ3n) is 5.84. The van der Waals surface area contributed by atoms with Crippen molar-refractivity contribution in [1.82, 2.24) is 14.8 Å². The molecule has 2 atom stereocenters. The van der Waals surface area contributed by atoms with Crippen LogP contribution in [-0.4, -0.2) is 41.5 Å². The maximum Gasteiger partial charge on any atom is 0.274 e. The van der Waals surface area contributed by atoms with Crippen LogP contribution in [0.15, 0.2) is 23.0 Å². The number of carbonyl (C=O) groups is 2. The van der Waals surface area contributed by atoms with Crippen LogP contribution in [0, 0.1) is 11.6 Å². The van der Waals surface area contributed by atoms with E-state index in [4.69, 9.17) is 10.5 Å². The second kappa shape index (κ2) is 7.77. The molecule has 3 heterocycles. The molecule has 3 N–H and O–H groups in total. The monoisotopic (exact) mass is 432 g/mol. The molecule has 0 fully saturated rings. The number of pyridine rings is 1. The van der Waals surface area contributed by atoms with Gasteiger partial charge in [0.25, 0.3) is 11.8 Å². The Labute approximate surface area is 176 Å². The Morgan fingerprint density at radius 1 is 1.32 bits per heavy atom. The lowest BCUT2D eigenvalue weighted by atomic mass is 10.0. The number of hydrogen-bond acceptors (Lipinski definition) is 5. The molecule has 2 aromatic rings. The molecule has 0 bridgehead atoms. The summed E-state index contributed by atoms with van der Waals surface area (Å²) in [4.78, 5) is 40.7. The minimum absolute atomic E-state index is 0.0622. The Balaban J connectivity index is 1.78. The fourth-order valence-electron chi connectivity index (χ4n) is 4.40. The molecule has 0 saturated heterocycles. The number of carbonyl (C=O) groups excluding carboxylic acids is 2. The van der Waals surface area contributed by atoms with Crippen molar-refractivity contribution in [2.24, 2.45) is 5.73 Å². The summed E-state index contributed by atoms with van der Waals surface area (Å²) in [6, 6.07) is 2.18. The number of likely N-dealkylation sites (N-methyl/N-ethyl adjacent to an activating group) is 1. The van der Waals surface area contributed by atoms with Crippen LogP contribution in [0.4, 0.5) is 8.78 Å². The predicted molar refractivity (Wildman–Crippen MR) is 107 cm³/mol. The molecule has 0 aliphatic carbocycles. The quantitative estimate of drug-likeness (QED) is 0.745. The molecule has 2 aliphatic rings. The Hall–Kier alpha value is -3.27. The standard InChI is InChI=1S/C21H22F2N4O4/c1-3-26-9-12-7-14(24)16-15(18(28)19(31-2)17(21(26)30)27(12)16)20(29)25-8-10-4-5-11(22)6-13(10)23/h4-6,12,14H,3,7-9,24H2,1-2H3,(H,25,29)/t12-,14-/m0/s1. The van der Waals surface area contributed by atoms with E-state index < -0.39 is 29.0 Å². The van der Waals surface area contributed by atoms with E-state index in [2.05, 4.69) is 5.32 Å². The number of rotatable bonds is 5. The van der Waals surface area contributed by atoms with Crippen molar-refractivity contribution in [1.29, 1.82) is 0 Å². The highest BCUT2D eigenvalue weighted by Crippen LogP contribution is 2.41. The molecule has 1 aromatic carbocycles. The van der Waals surface area contributed by atoms with Crippen LogP contribution in [0.1, 0.15) is 57.5 Å². The van der Waals surface area contributed by atoms with E-state index >= 15 is 0 Å². The highest BCUT2D eigenvalue weighted by atomic mass is 19.1. The van der Waals surface area contributed by atoms with Crippen molar-refractivity contribution in [3.63, 3.8) is 0 Å². The maximum absolute atomic E-state index is 13.9. The number of aromatic nitrogens is 1. The molecule has 0 spiro atoms. The SMILES string of the molecule is CCN1C[C@@H]2C[C@H](N)c3c(C(=O)NCc4ccc(F)cc4F)c(=O)c(OC)c(n32)C1=O. The lowest BCUT2D eigenvalue weighted by Crippen LogP contribution is -2.45. The third kappa shape index (κ3) is 3.27. The average Bonchev–Trinajstić information content (AvgIpc) is 3.05. The molecule has 1 aromatic heterocycles. The molecule has 2 aliphatic heterocycles. The summed E-state index contributed by atoms with van der Waals surface area (Å²) in [5.41, 5.74) is 5.73. The van der Waals surface area contributed by atoms with Gasteiger partial charge in [0.15, 0.2) is 11.4 Å². The number of nitrogens with two attached hydrogens (primary N) is 1. The number of hydrogen-bond donors (Lipinski definition) is 2.